The fourth-order valence-electron chi connectivity index (χ4n) is 2.36. The number of amides is 1. The molecule has 0 radical (unpaired) electrons. The van der Waals surface area contributed by atoms with E-state index < -0.39 is 0 Å². The zero-order chi connectivity index (χ0) is 13.0. The average molecular weight is 287 g/mol. The fraction of sp³-hybridized carbons (Fsp3) is 0.615. The van der Waals surface area contributed by atoms with Crippen molar-refractivity contribution < 1.29 is 4.79 Å². The molecule has 1 N–H and O–H groups in total. The highest BCUT2D eigenvalue weighted by Gasteiger charge is 2.22. The van der Waals surface area contributed by atoms with E-state index in [-0.39, 0.29) is 5.91 Å². The van der Waals surface area contributed by atoms with Crippen LogP contribution in [0, 0.1) is 5.92 Å². The summed E-state index contributed by atoms with van der Waals surface area (Å²) in [4.78, 5) is 15.0. The van der Waals surface area contributed by atoms with E-state index in [0.717, 1.165) is 13.1 Å². The first-order valence-corrected chi connectivity index (χ1v) is 7.64. The molecule has 2 heterocycles. The Bertz CT molecular complexity index is 407. The molecule has 18 heavy (non-hydrogen) atoms. The van der Waals surface area contributed by atoms with E-state index in [1.54, 1.807) is 12.1 Å². The maximum Gasteiger partial charge on any atom is 0.261 e. The molecule has 0 saturated carbocycles. The molecule has 1 aromatic heterocycles. The van der Waals surface area contributed by atoms with E-state index in [1.807, 2.05) is 0 Å². The number of rotatable bonds is 5. The number of nitrogens with one attached hydrogen (secondary N) is 1. The third kappa shape index (κ3) is 3.70. The minimum Gasteiger partial charge on any atom is -0.351 e. The van der Waals surface area contributed by atoms with Crippen LogP contribution < -0.4 is 5.32 Å². The molecule has 1 aliphatic rings. The standard InChI is InChI=1S/C13H19ClN2OS/c1-2-6-16-7-5-10(9-16)8-15-13(17)11-3-4-12(14)18-11/h3-4,10H,2,5-9H2,1H3,(H,15,17). The van der Waals surface area contributed by atoms with Gasteiger partial charge in [-0.05, 0) is 44.0 Å². The molecule has 1 unspecified atom stereocenters. The van der Waals surface area contributed by atoms with Crippen LogP contribution in [0.15, 0.2) is 12.1 Å². The van der Waals surface area contributed by atoms with Gasteiger partial charge in [0.05, 0.1) is 9.21 Å². The highest BCUT2D eigenvalue weighted by Crippen LogP contribution is 2.21. The summed E-state index contributed by atoms with van der Waals surface area (Å²) in [5.41, 5.74) is 0. The van der Waals surface area contributed by atoms with E-state index in [4.69, 9.17) is 11.6 Å². The number of nitrogens with zero attached hydrogens (tertiary/aromatic N) is 1. The first-order chi connectivity index (χ1) is 8.69. The summed E-state index contributed by atoms with van der Waals surface area (Å²) in [6.07, 6.45) is 2.39. The Hall–Kier alpha value is -0.580. The molecule has 0 aromatic carbocycles. The Morgan fingerprint density at radius 3 is 3.11 bits per heavy atom. The Kier molecular flexibility index (Phi) is 5.03. The summed E-state index contributed by atoms with van der Waals surface area (Å²) in [6.45, 7) is 6.42. The topological polar surface area (TPSA) is 32.3 Å². The highest BCUT2D eigenvalue weighted by atomic mass is 35.5. The fourth-order valence-corrected chi connectivity index (χ4v) is 3.32. The number of hydrogen-bond donors (Lipinski definition) is 1. The van der Waals surface area contributed by atoms with Crippen molar-refractivity contribution in [1.29, 1.82) is 0 Å². The molecule has 1 fully saturated rings. The average Bonchev–Trinajstić information content (AvgIpc) is 2.96. The van der Waals surface area contributed by atoms with E-state index >= 15 is 0 Å². The molecule has 1 aromatic rings. The molecule has 2 rings (SSSR count). The lowest BCUT2D eigenvalue weighted by Crippen LogP contribution is -2.30. The number of thiophene rings is 1. The first-order valence-electron chi connectivity index (χ1n) is 6.45. The maximum atomic E-state index is 11.8. The second-order valence-corrected chi connectivity index (χ2v) is 6.48. The smallest absolute Gasteiger partial charge is 0.261 e. The van der Waals surface area contributed by atoms with Crippen LogP contribution in [0.3, 0.4) is 0 Å². The molecule has 1 saturated heterocycles. The van der Waals surface area contributed by atoms with Crippen LogP contribution in [-0.4, -0.2) is 37.0 Å². The van der Waals surface area contributed by atoms with Crippen LogP contribution in [0.4, 0.5) is 0 Å². The Morgan fingerprint density at radius 1 is 1.61 bits per heavy atom. The van der Waals surface area contributed by atoms with Gasteiger partial charge in [0.1, 0.15) is 0 Å². The van der Waals surface area contributed by atoms with E-state index in [9.17, 15) is 4.79 Å². The van der Waals surface area contributed by atoms with Crippen LogP contribution in [0.25, 0.3) is 0 Å². The van der Waals surface area contributed by atoms with Crippen LogP contribution in [0.1, 0.15) is 29.4 Å². The van der Waals surface area contributed by atoms with Gasteiger partial charge >= 0.3 is 0 Å². The number of likely N-dealkylation sites (tertiary alicyclic amines) is 1. The van der Waals surface area contributed by atoms with Gasteiger partial charge in [-0.3, -0.25) is 4.79 Å². The largest absolute Gasteiger partial charge is 0.351 e. The van der Waals surface area contributed by atoms with E-state index in [1.165, 1.54) is 37.3 Å². The van der Waals surface area contributed by atoms with Gasteiger partial charge in [0.15, 0.2) is 0 Å². The number of hydrogen-bond acceptors (Lipinski definition) is 3. The van der Waals surface area contributed by atoms with Crippen molar-refractivity contribution >= 4 is 28.8 Å². The van der Waals surface area contributed by atoms with E-state index in [0.29, 0.717) is 15.1 Å². The van der Waals surface area contributed by atoms with E-state index in [2.05, 4.69) is 17.1 Å². The highest BCUT2D eigenvalue weighted by molar-refractivity contribution is 7.17. The van der Waals surface area contributed by atoms with Gasteiger partial charge < -0.3 is 10.2 Å². The van der Waals surface area contributed by atoms with Crippen LogP contribution >= 0.6 is 22.9 Å². The lowest BCUT2D eigenvalue weighted by atomic mass is 10.1. The molecular formula is C13H19ClN2OS. The van der Waals surface area contributed by atoms with Crippen molar-refractivity contribution in [2.75, 3.05) is 26.2 Å². The summed E-state index contributed by atoms with van der Waals surface area (Å²) in [5, 5.41) is 3.00. The molecular weight excluding hydrogens is 268 g/mol. The minimum atomic E-state index is 0.000779. The van der Waals surface area contributed by atoms with Crippen molar-refractivity contribution in [3.8, 4) is 0 Å². The van der Waals surface area contributed by atoms with Crippen LogP contribution in [-0.2, 0) is 0 Å². The maximum absolute atomic E-state index is 11.8. The number of carbonyl (C=O) groups is 1. The van der Waals surface area contributed by atoms with Gasteiger partial charge in [0, 0.05) is 13.1 Å². The van der Waals surface area contributed by atoms with Crippen molar-refractivity contribution in [2.24, 2.45) is 5.92 Å². The van der Waals surface area contributed by atoms with Gasteiger partial charge in [0.2, 0.25) is 0 Å². The summed E-state index contributed by atoms with van der Waals surface area (Å²) in [5.74, 6) is 0.594. The number of carbonyl (C=O) groups excluding carboxylic acids is 1. The molecule has 1 aliphatic heterocycles. The lowest BCUT2D eigenvalue weighted by molar-refractivity contribution is 0.0951. The summed E-state index contributed by atoms with van der Waals surface area (Å²) in [7, 11) is 0. The molecule has 1 amide bonds. The predicted molar refractivity (Wildman–Crippen MR) is 76.5 cm³/mol. The predicted octanol–water partition coefficient (Wildman–Crippen LogP) is 2.86. The molecule has 3 nitrogen and oxygen atoms in total. The van der Waals surface area contributed by atoms with Crippen LogP contribution in [0.5, 0.6) is 0 Å². The SMILES string of the molecule is CCCN1CCC(CNC(=O)c2ccc(Cl)s2)C1. The molecule has 1 atom stereocenters. The Morgan fingerprint density at radius 2 is 2.44 bits per heavy atom. The summed E-state index contributed by atoms with van der Waals surface area (Å²) < 4.78 is 0.662. The van der Waals surface area contributed by atoms with Crippen molar-refractivity contribution in [1.82, 2.24) is 10.2 Å². The molecule has 5 heteroatoms. The van der Waals surface area contributed by atoms with Crippen LogP contribution in [0.2, 0.25) is 4.34 Å². The molecule has 0 spiro atoms. The normalized spacial score (nSPS) is 20.2. The molecule has 100 valence electrons. The minimum absolute atomic E-state index is 0.000779. The first kappa shape index (κ1) is 13.8. The van der Waals surface area contributed by atoms with Gasteiger partial charge in [-0.15, -0.1) is 11.3 Å². The summed E-state index contributed by atoms with van der Waals surface area (Å²) in [6, 6.07) is 3.54. The lowest BCUT2D eigenvalue weighted by Gasteiger charge is -2.14. The second kappa shape index (κ2) is 6.55. The monoisotopic (exact) mass is 286 g/mol. The van der Waals surface area contributed by atoms with Gasteiger partial charge in [-0.1, -0.05) is 18.5 Å². The third-order valence-corrected chi connectivity index (χ3v) is 4.49. The third-order valence-electron chi connectivity index (χ3n) is 3.26. The molecule has 0 bridgehead atoms. The Balaban J connectivity index is 1.74. The van der Waals surface area contributed by atoms with Gasteiger partial charge in [0.25, 0.3) is 5.91 Å². The van der Waals surface area contributed by atoms with Gasteiger partial charge in [-0.2, -0.15) is 0 Å². The zero-order valence-electron chi connectivity index (χ0n) is 10.6. The second-order valence-electron chi connectivity index (χ2n) is 4.77. The number of halogens is 1. The van der Waals surface area contributed by atoms with Crippen molar-refractivity contribution in [3.63, 3.8) is 0 Å². The quantitative estimate of drug-likeness (QED) is 0.903. The van der Waals surface area contributed by atoms with Crippen molar-refractivity contribution in [3.05, 3.63) is 21.3 Å². The molecule has 0 aliphatic carbocycles. The van der Waals surface area contributed by atoms with Crippen molar-refractivity contribution in [2.45, 2.75) is 19.8 Å². The zero-order valence-corrected chi connectivity index (χ0v) is 12.2. The Labute approximate surface area is 117 Å². The van der Waals surface area contributed by atoms with Gasteiger partial charge in [-0.25, -0.2) is 0 Å². The summed E-state index contributed by atoms with van der Waals surface area (Å²) >= 11 is 7.15.